The van der Waals surface area contributed by atoms with E-state index in [4.69, 9.17) is 0 Å². The van der Waals surface area contributed by atoms with Crippen LogP contribution in [0.15, 0.2) is 58.2 Å². The second-order valence-corrected chi connectivity index (χ2v) is 6.63. The highest BCUT2D eigenvalue weighted by Gasteiger charge is 2.38. The van der Waals surface area contributed by atoms with Gasteiger partial charge in [0, 0.05) is 28.6 Å². The Morgan fingerprint density at radius 3 is 2.67 bits per heavy atom. The predicted molar refractivity (Wildman–Crippen MR) is 89.4 cm³/mol. The predicted octanol–water partition coefficient (Wildman–Crippen LogP) is 4.83. The van der Waals surface area contributed by atoms with Gasteiger partial charge in [-0.3, -0.25) is 0 Å². The Bertz CT molecular complexity index is 1110. The summed E-state index contributed by atoms with van der Waals surface area (Å²) in [5, 5.41) is 3.37. The molecule has 0 aliphatic carbocycles. The molecule has 0 saturated carbocycles. The largest absolute Gasteiger partial charge is 0.471 e. The van der Waals surface area contributed by atoms with Crippen LogP contribution in [-0.4, -0.2) is 19.5 Å². The lowest BCUT2D eigenvalue weighted by molar-refractivity contribution is -0.159. The molecule has 0 unspecified atom stereocenters. The number of halogens is 4. The number of imidazole rings is 1. The number of hydrogen-bond donors (Lipinski definition) is 0. The van der Waals surface area contributed by atoms with E-state index in [1.54, 1.807) is 41.1 Å². The van der Waals surface area contributed by atoms with E-state index < -0.39 is 12.1 Å². The molecular weight excluding hydrogens is 384 g/mol. The standard InChI is InChI=1S/C17H10F4N4OS/c18-11-2-1-3-13(6-11)27-9-12-8-25-7-10(4-5-14(25)22-12)15-23-16(26-24-15)17(19,20)21/h1-8H,9H2. The van der Waals surface area contributed by atoms with Crippen molar-refractivity contribution in [2.45, 2.75) is 16.8 Å². The molecule has 0 amide bonds. The zero-order valence-corrected chi connectivity index (χ0v) is 14.3. The van der Waals surface area contributed by atoms with Crippen molar-refractivity contribution in [1.82, 2.24) is 19.5 Å². The third-order valence-corrected chi connectivity index (χ3v) is 4.64. The van der Waals surface area contributed by atoms with Gasteiger partial charge in [0.25, 0.3) is 0 Å². The number of thioether (sulfide) groups is 1. The molecule has 3 heterocycles. The van der Waals surface area contributed by atoms with Crippen LogP contribution in [0.4, 0.5) is 17.6 Å². The first-order chi connectivity index (χ1) is 12.9. The number of hydrogen-bond acceptors (Lipinski definition) is 5. The molecule has 0 aliphatic heterocycles. The van der Waals surface area contributed by atoms with E-state index in [9.17, 15) is 17.6 Å². The maximum absolute atomic E-state index is 13.2. The zero-order valence-electron chi connectivity index (χ0n) is 13.4. The number of fused-ring (bicyclic) bond motifs is 1. The summed E-state index contributed by atoms with van der Waals surface area (Å²) >= 11 is 1.43. The number of nitrogens with zero attached hydrogens (tertiary/aromatic N) is 4. The normalized spacial score (nSPS) is 12.0. The molecular formula is C17H10F4N4OS. The Balaban J connectivity index is 1.55. The van der Waals surface area contributed by atoms with Crippen LogP contribution in [0.2, 0.25) is 0 Å². The van der Waals surface area contributed by atoms with Crippen LogP contribution in [0.5, 0.6) is 0 Å². The minimum absolute atomic E-state index is 0.159. The van der Waals surface area contributed by atoms with Gasteiger partial charge in [0.05, 0.1) is 5.69 Å². The van der Waals surface area contributed by atoms with Crippen LogP contribution in [0, 0.1) is 5.82 Å². The fourth-order valence-corrected chi connectivity index (χ4v) is 3.24. The molecule has 138 valence electrons. The van der Waals surface area contributed by atoms with Crippen molar-refractivity contribution in [3.8, 4) is 11.4 Å². The van der Waals surface area contributed by atoms with Crippen molar-refractivity contribution >= 4 is 17.4 Å². The van der Waals surface area contributed by atoms with E-state index in [0.717, 1.165) is 10.6 Å². The molecule has 0 bridgehead atoms. The van der Waals surface area contributed by atoms with Gasteiger partial charge >= 0.3 is 12.1 Å². The van der Waals surface area contributed by atoms with Gasteiger partial charge < -0.3 is 8.92 Å². The summed E-state index contributed by atoms with van der Waals surface area (Å²) in [6, 6.07) is 9.46. The number of aromatic nitrogens is 4. The average molecular weight is 394 g/mol. The van der Waals surface area contributed by atoms with E-state index in [-0.39, 0.29) is 11.6 Å². The second kappa shape index (κ2) is 6.69. The first kappa shape index (κ1) is 17.5. The summed E-state index contributed by atoms with van der Waals surface area (Å²) in [6.45, 7) is 0. The molecule has 4 rings (SSSR count). The summed E-state index contributed by atoms with van der Waals surface area (Å²) in [6.07, 6.45) is -1.37. The Morgan fingerprint density at radius 1 is 1.07 bits per heavy atom. The third kappa shape index (κ3) is 3.80. The lowest BCUT2D eigenvalue weighted by Crippen LogP contribution is -2.04. The van der Waals surface area contributed by atoms with Gasteiger partial charge in [-0.25, -0.2) is 9.37 Å². The minimum Gasteiger partial charge on any atom is -0.329 e. The van der Waals surface area contributed by atoms with Gasteiger partial charge in [0.2, 0.25) is 5.82 Å². The van der Waals surface area contributed by atoms with Gasteiger partial charge in [0.1, 0.15) is 11.5 Å². The number of rotatable bonds is 4. The van der Waals surface area contributed by atoms with Gasteiger partial charge in [-0.05, 0) is 30.3 Å². The fraction of sp³-hybridized carbons (Fsp3) is 0.118. The van der Waals surface area contributed by atoms with E-state index in [2.05, 4.69) is 19.6 Å². The monoisotopic (exact) mass is 394 g/mol. The maximum atomic E-state index is 13.2. The smallest absolute Gasteiger partial charge is 0.329 e. The maximum Gasteiger partial charge on any atom is 0.471 e. The van der Waals surface area contributed by atoms with E-state index in [1.807, 2.05) is 0 Å². The average Bonchev–Trinajstić information content (AvgIpc) is 3.26. The van der Waals surface area contributed by atoms with Crippen molar-refractivity contribution in [1.29, 1.82) is 0 Å². The lowest BCUT2D eigenvalue weighted by Gasteiger charge is -1.98. The Morgan fingerprint density at radius 2 is 1.93 bits per heavy atom. The highest BCUT2D eigenvalue weighted by atomic mass is 32.2. The Kier molecular flexibility index (Phi) is 4.34. The highest BCUT2D eigenvalue weighted by Crippen LogP contribution is 2.29. The van der Waals surface area contributed by atoms with Crippen LogP contribution in [0.3, 0.4) is 0 Å². The quantitative estimate of drug-likeness (QED) is 0.366. The van der Waals surface area contributed by atoms with Crippen LogP contribution in [0.25, 0.3) is 17.0 Å². The SMILES string of the molecule is Fc1cccc(SCc2cn3cc(-c4noc(C(F)(F)F)n4)ccc3n2)c1. The molecule has 1 aromatic carbocycles. The molecule has 0 saturated heterocycles. The van der Waals surface area contributed by atoms with Crippen molar-refractivity contribution in [2.75, 3.05) is 0 Å². The molecule has 0 radical (unpaired) electrons. The van der Waals surface area contributed by atoms with Gasteiger partial charge in [0.15, 0.2) is 0 Å². The molecule has 5 nitrogen and oxygen atoms in total. The van der Waals surface area contributed by atoms with Crippen molar-refractivity contribution < 1.29 is 22.1 Å². The molecule has 0 fully saturated rings. The first-order valence-electron chi connectivity index (χ1n) is 7.66. The molecule has 4 aromatic rings. The minimum atomic E-state index is -4.69. The summed E-state index contributed by atoms with van der Waals surface area (Å²) < 4.78 is 56.9. The summed E-state index contributed by atoms with van der Waals surface area (Å²) in [5.41, 5.74) is 1.72. The van der Waals surface area contributed by atoms with E-state index in [1.165, 1.54) is 23.9 Å². The summed E-state index contributed by atoms with van der Waals surface area (Å²) in [7, 11) is 0. The molecule has 3 aromatic heterocycles. The van der Waals surface area contributed by atoms with Gasteiger partial charge in [-0.1, -0.05) is 11.2 Å². The fourth-order valence-electron chi connectivity index (χ4n) is 2.42. The topological polar surface area (TPSA) is 56.2 Å². The van der Waals surface area contributed by atoms with Crippen LogP contribution in [0.1, 0.15) is 11.6 Å². The molecule has 0 N–H and O–H groups in total. The second-order valence-electron chi connectivity index (χ2n) is 5.58. The number of alkyl halides is 3. The molecule has 0 atom stereocenters. The zero-order chi connectivity index (χ0) is 19.0. The van der Waals surface area contributed by atoms with Crippen molar-refractivity contribution in [3.63, 3.8) is 0 Å². The molecule has 10 heteroatoms. The van der Waals surface area contributed by atoms with Crippen LogP contribution in [-0.2, 0) is 11.9 Å². The highest BCUT2D eigenvalue weighted by molar-refractivity contribution is 7.98. The molecule has 0 spiro atoms. The summed E-state index contributed by atoms with van der Waals surface area (Å²) in [4.78, 5) is 8.58. The Hall–Kier alpha value is -2.88. The van der Waals surface area contributed by atoms with Crippen LogP contribution < -0.4 is 0 Å². The number of pyridine rings is 1. The molecule has 27 heavy (non-hydrogen) atoms. The molecule has 0 aliphatic rings. The van der Waals surface area contributed by atoms with E-state index >= 15 is 0 Å². The number of benzene rings is 1. The van der Waals surface area contributed by atoms with Crippen LogP contribution >= 0.6 is 11.8 Å². The first-order valence-corrected chi connectivity index (χ1v) is 8.64. The lowest BCUT2D eigenvalue weighted by atomic mass is 10.3. The van der Waals surface area contributed by atoms with Gasteiger partial charge in [-0.15, -0.1) is 11.8 Å². The van der Waals surface area contributed by atoms with Crippen molar-refractivity contribution in [3.05, 3.63) is 66.2 Å². The van der Waals surface area contributed by atoms with Crippen molar-refractivity contribution in [2.24, 2.45) is 0 Å². The summed E-state index contributed by atoms with van der Waals surface area (Å²) in [5.74, 6) is -1.34. The Labute approximate surface area is 154 Å². The van der Waals surface area contributed by atoms with E-state index in [0.29, 0.717) is 17.0 Å². The van der Waals surface area contributed by atoms with Gasteiger partial charge in [-0.2, -0.15) is 18.2 Å². The third-order valence-electron chi connectivity index (χ3n) is 3.61.